The van der Waals surface area contributed by atoms with Crippen molar-refractivity contribution < 1.29 is 13.6 Å². The standard InChI is InChI=1S/C11H13F2NO/c1-11(2,3)15-14-7-8-4-5-9(12)6-10(8)13/h4-7H,1-3H3/b14-7+. The molecule has 0 bridgehead atoms. The van der Waals surface area contributed by atoms with Gasteiger partial charge in [0.05, 0.1) is 6.21 Å². The zero-order chi connectivity index (χ0) is 11.5. The van der Waals surface area contributed by atoms with E-state index in [-0.39, 0.29) is 5.56 Å². The third kappa shape index (κ3) is 4.06. The molecule has 0 radical (unpaired) electrons. The molecule has 0 amide bonds. The first-order valence-corrected chi connectivity index (χ1v) is 4.55. The summed E-state index contributed by atoms with van der Waals surface area (Å²) in [5.41, 5.74) is -0.229. The quantitative estimate of drug-likeness (QED) is 0.546. The number of nitrogens with zero attached hydrogens (tertiary/aromatic N) is 1. The summed E-state index contributed by atoms with van der Waals surface area (Å²) in [6.45, 7) is 5.47. The summed E-state index contributed by atoms with van der Waals surface area (Å²) in [5, 5.41) is 3.62. The second kappa shape index (κ2) is 4.38. The van der Waals surface area contributed by atoms with Crippen molar-refractivity contribution in [3.8, 4) is 0 Å². The highest BCUT2D eigenvalue weighted by Gasteiger charge is 2.09. The van der Waals surface area contributed by atoms with E-state index in [2.05, 4.69) is 5.16 Å². The lowest BCUT2D eigenvalue weighted by atomic mass is 10.2. The van der Waals surface area contributed by atoms with E-state index in [1.54, 1.807) is 0 Å². The summed E-state index contributed by atoms with van der Waals surface area (Å²) in [5.74, 6) is -1.27. The van der Waals surface area contributed by atoms with Gasteiger partial charge in [-0.25, -0.2) is 8.78 Å². The van der Waals surface area contributed by atoms with Crippen LogP contribution < -0.4 is 0 Å². The fourth-order valence-corrected chi connectivity index (χ4v) is 0.847. The van der Waals surface area contributed by atoms with Gasteiger partial charge in [-0.15, -0.1) is 0 Å². The summed E-state index contributed by atoms with van der Waals surface area (Å²) < 4.78 is 25.6. The van der Waals surface area contributed by atoms with Gasteiger partial charge in [-0.3, -0.25) is 0 Å². The highest BCUT2D eigenvalue weighted by molar-refractivity contribution is 5.79. The Morgan fingerprint density at radius 1 is 1.27 bits per heavy atom. The van der Waals surface area contributed by atoms with Gasteiger partial charge < -0.3 is 4.84 Å². The molecule has 0 atom stereocenters. The average molecular weight is 213 g/mol. The predicted molar refractivity (Wildman–Crippen MR) is 54.8 cm³/mol. The Balaban J connectivity index is 2.73. The van der Waals surface area contributed by atoms with Crippen molar-refractivity contribution in [2.75, 3.05) is 0 Å². The number of benzene rings is 1. The summed E-state index contributed by atoms with van der Waals surface area (Å²) in [7, 11) is 0. The number of rotatable bonds is 2. The topological polar surface area (TPSA) is 21.6 Å². The van der Waals surface area contributed by atoms with Crippen LogP contribution in [0.2, 0.25) is 0 Å². The molecule has 0 saturated carbocycles. The molecule has 0 heterocycles. The molecular formula is C11H13F2NO. The van der Waals surface area contributed by atoms with Crippen molar-refractivity contribution in [2.45, 2.75) is 26.4 Å². The van der Waals surface area contributed by atoms with E-state index in [4.69, 9.17) is 4.84 Å². The van der Waals surface area contributed by atoms with E-state index in [0.717, 1.165) is 6.07 Å². The first-order valence-electron chi connectivity index (χ1n) is 4.55. The summed E-state index contributed by atoms with van der Waals surface area (Å²) in [6.07, 6.45) is 1.22. The van der Waals surface area contributed by atoms with Gasteiger partial charge in [-0.05, 0) is 32.9 Å². The smallest absolute Gasteiger partial charge is 0.135 e. The Kier molecular flexibility index (Phi) is 3.39. The normalized spacial score (nSPS) is 12.1. The van der Waals surface area contributed by atoms with Gasteiger partial charge in [0.25, 0.3) is 0 Å². The van der Waals surface area contributed by atoms with E-state index < -0.39 is 17.2 Å². The molecule has 0 unspecified atom stereocenters. The third-order valence-electron chi connectivity index (χ3n) is 1.48. The minimum atomic E-state index is -0.656. The molecule has 0 aliphatic rings. The molecule has 0 aliphatic carbocycles. The van der Waals surface area contributed by atoms with Gasteiger partial charge in [0.1, 0.15) is 17.2 Å². The van der Waals surface area contributed by atoms with Crippen molar-refractivity contribution in [1.29, 1.82) is 0 Å². The molecule has 1 rings (SSSR count). The zero-order valence-electron chi connectivity index (χ0n) is 8.92. The lowest BCUT2D eigenvalue weighted by Crippen LogP contribution is -2.15. The summed E-state index contributed by atoms with van der Waals surface area (Å²) >= 11 is 0. The number of oxime groups is 1. The molecule has 82 valence electrons. The molecule has 0 spiro atoms. The number of hydrogen-bond donors (Lipinski definition) is 0. The number of halogens is 2. The summed E-state index contributed by atoms with van der Waals surface area (Å²) in [4.78, 5) is 5.03. The molecule has 1 aromatic rings. The van der Waals surface area contributed by atoms with Crippen LogP contribution in [-0.4, -0.2) is 11.8 Å². The highest BCUT2D eigenvalue weighted by atomic mass is 19.1. The first-order chi connectivity index (χ1) is 6.88. The maximum Gasteiger partial charge on any atom is 0.135 e. The SMILES string of the molecule is CC(C)(C)O/N=C/c1ccc(F)cc1F. The van der Waals surface area contributed by atoms with Crippen LogP contribution in [0.1, 0.15) is 26.3 Å². The van der Waals surface area contributed by atoms with E-state index >= 15 is 0 Å². The van der Waals surface area contributed by atoms with Gasteiger partial charge in [0.15, 0.2) is 0 Å². The van der Waals surface area contributed by atoms with E-state index in [9.17, 15) is 8.78 Å². The van der Waals surface area contributed by atoms with Crippen LogP contribution in [0.5, 0.6) is 0 Å². The molecular weight excluding hydrogens is 200 g/mol. The minimum Gasteiger partial charge on any atom is -0.390 e. The van der Waals surface area contributed by atoms with E-state index in [1.165, 1.54) is 18.3 Å². The van der Waals surface area contributed by atoms with Crippen LogP contribution in [0.25, 0.3) is 0 Å². The zero-order valence-corrected chi connectivity index (χ0v) is 8.92. The molecule has 0 aliphatic heterocycles. The lowest BCUT2D eigenvalue weighted by molar-refractivity contribution is 0.00196. The van der Waals surface area contributed by atoms with E-state index in [1.807, 2.05) is 20.8 Å². The van der Waals surface area contributed by atoms with Gasteiger partial charge >= 0.3 is 0 Å². The van der Waals surface area contributed by atoms with Crippen molar-refractivity contribution in [1.82, 2.24) is 0 Å². The second-order valence-corrected chi connectivity index (χ2v) is 4.10. The average Bonchev–Trinajstić information content (AvgIpc) is 2.07. The Labute approximate surface area is 87.6 Å². The summed E-state index contributed by atoms with van der Waals surface area (Å²) in [6, 6.07) is 3.28. The maximum atomic E-state index is 13.1. The molecule has 0 aromatic heterocycles. The van der Waals surface area contributed by atoms with Crippen LogP contribution >= 0.6 is 0 Å². The van der Waals surface area contributed by atoms with Crippen molar-refractivity contribution >= 4 is 6.21 Å². The van der Waals surface area contributed by atoms with Crippen LogP contribution in [0, 0.1) is 11.6 Å². The Morgan fingerprint density at radius 2 is 1.93 bits per heavy atom. The van der Waals surface area contributed by atoms with Gasteiger partial charge in [-0.1, -0.05) is 5.16 Å². The predicted octanol–water partition coefficient (Wildman–Crippen LogP) is 3.11. The lowest BCUT2D eigenvalue weighted by Gasteiger charge is -2.14. The van der Waals surface area contributed by atoms with Gasteiger partial charge in [-0.2, -0.15) is 0 Å². The third-order valence-corrected chi connectivity index (χ3v) is 1.48. The second-order valence-electron chi connectivity index (χ2n) is 4.10. The maximum absolute atomic E-state index is 13.1. The Hall–Kier alpha value is -1.45. The van der Waals surface area contributed by atoms with E-state index in [0.29, 0.717) is 0 Å². The Morgan fingerprint density at radius 3 is 2.47 bits per heavy atom. The monoisotopic (exact) mass is 213 g/mol. The van der Waals surface area contributed by atoms with Crippen molar-refractivity contribution in [2.24, 2.45) is 5.16 Å². The Bertz CT molecular complexity index is 369. The largest absolute Gasteiger partial charge is 0.390 e. The van der Waals surface area contributed by atoms with Gasteiger partial charge in [0.2, 0.25) is 0 Å². The first kappa shape index (κ1) is 11.6. The van der Waals surface area contributed by atoms with Crippen molar-refractivity contribution in [3.05, 3.63) is 35.4 Å². The van der Waals surface area contributed by atoms with Crippen LogP contribution in [0.4, 0.5) is 8.78 Å². The molecule has 15 heavy (non-hydrogen) atoms. The molecule has 4 heteroatoms. The van der Waals surface area contributed by atoms with Gasteiger partial charge in [0, 0.05) is 11.6 Å². The minimum absolute atomic E-state index is 0.195. The highest BCUT2D eigenvalue weighted by Crippen LogP contribution is 2.09. The molecule has 0 saturated heterocycles. The molecule has 0 N–H and O–H groups in total. The fourth-order valence-electron chi connectivity index (χ4n) is 0.847. The molecule has 0 fully saturated rings. The number of hydrogen-bond acceptors (Lipinski definition) is 2. The molecule has 1 aromatic carbocycles. The molecule has 2 nitrogen and oxygen atoms in total. The van der Waals surface area contributed by atoms with Crippen molar-refractivity contribution in [3.63, 3.8) is 0 Å². The van der Waals surface area contributed by atoms with Crippen LogP contribution in [-0.2, 0) is 4.84 Å². The fraction of sp³-hybridized carbons (Fsp3) is 0.364. The van der Waals surface area contributed by atoms with Crippen LogP contribution in [0.3, 0.4) is 0 Å². The van der Waals surface area contributed by atoms with Crippen LogP contribution in [0.15, 0.2) is 23.4 Å².